The number of hydrogen-bond acceptors (Lipinski definition) is 4. The molecule has 2 amide bonds. The quantitative estimate of drug-likeness (QED) is 0.829. The molecule has 1 rings (SSSR count). The number of nitrogens with one attached hydrogen (secondary N) is 1. The van der Waals surface area contributed by atoms with E-state index < -0.39 is 6.04 Å². The summed E-state index contributed by atoms with van der Waals surface area (Å²) >= 11 is 1.63. The molecule has 0 aromatic carbocycles. The fourth-order valence-corrected chi connectivity index (χ4v) is 2.55. The van der Waals surface area contributed by atoms with Gasteiger partial charge in [0.15, 0.2) is 0 Å². The van der Waals surface area contributed by atoms with Gasteiger partial charge in [-0.3, -0.25) is 9.59 Å². The summed E-state index contributed by atoms with van der Waals surface area (Å²) in [4.78, 5) is 26.4. The van der Waals surface area contributed by atoms with Crippen LogP contribution in [0.5, 0.6) is 0 Å². The zero-order valence-corrected chi connectivity index (χ0v) is 14.5. The van der Waals surface area contributed by atoms with Gasteiger partial charge in [0.05, 0.1) is 19.1 Å². The van der Waals surface area contributed by atoms with Crippen LogP contribution in [0.1, 0.15) is 24.3 Å². The minimum Gasteiger partial charge on any atom is -0.346 e. The van der Waals surface area contributed by atoms with E-state index in [1.54, 1.807) is 23.3 Å². The monoisotopic (exact) mass is 333 g/mol. The van der Waals surface area contributed by atoms with Crippen molar-refractivity contribution in [3.63, 3.8) is 0 Å². The first kappa shape index (κ1) is 19.9. The number of nitrogens with two attached hydrogens (primary N) is 1. The zero-order valence-electron chi connectivity index (χ0n) is 12.9. The van der Waals surface area contributed by atoms with Gasteiger partial charge in [0.25, 0.3) is 0 Å². The van der Waals surface area contributed by atoms with Crippen molar-refractivity contribution in [3.8, 4) is 0 Å². The number of nitrogens with zero attached hydrogens (tertiary/aromatic N) is 1. The third kappa shape index (κ3) is 6.03. The Labute approximate surface area is 136 Å². The Bertz CT molecular complexity index is 477. The van der Waals surface area contributed by atoms with E-state index in [1.165, 1.54) is 5.56 Å². The second-order valence-corrected chi connectivity index (χ2v) is 6.26. The van der Waals surface area contributed by atoms with Gasteiger partial charge in [-0.2, -0.15) is 0 Å². The summed E-state index contributed by atoms with van der Waals surface area (Å²) in [5, 5.41) is 4.59. The Morgan fingerprint density at radius 1 is 1.43 bits per heavy atom. The Hall–Kier alpha value is -1.11. The summed E-state index contributed by atoms with van der Waals surface area (Å²) in [5.41, 5.74) is 6.90. The molecule has 0 aliphatic carbocycles. The van der Waals surface area contributed by atoms with Crippen molar-refractivity contribution in [1.82, 2.24) is 10.2 Å². The van der Waals surface area contributed by atoms with E-state index in [1.807, 2.05) is 32.2 Å². The van der Waals surface area contributed by atoms with E-state index in [9.17, 15) is 9.59 Å². The Kier molecular flexibility index (Phi) is 8.54. The van der Waals surface area contributed by atoms with Crippen LogP contribution in [-0.2, 0) is 16.1 Å². The van der Waals surface area contributed by atoms with Gasteiger partial charge in [0, 0.05) is 11.9 Å². The minimum absolute atomic E-state index is 0. The summed E-state index contributed by atoms with van der Waals surface area (Å²) < 4.78 is 0. The molecular weight excluding hydrogens is 310 g/mol. The number of likely N-dealkylation sites (N-methyl/N-ethyl adjacent to an activating group) is 1. The number of amides is 2. The van der Waals surface area contributed by atoms with Crippen molar-refractivity contribution in [3.05, 3.63) is 21.9 Å². The van der Waals surface area contributed by atoms with Gasteiger partial charge in [0.2, 0.25) is 11.8 Å². The van der Waals surface area contributed by atoms with Gasteiger partial charge in [0.1, 0.15) is 0 Å². The van der Waals surface area contributed by atoms with Crippen molar-refractivity contribution in [2.45, 2.75) is 33.4 Å². The first-order valence-corrected chi connectivity index (χ1v) is 7.51. The molecule has 5 nitrogen and oxygen atoms in total. The number of rotatable bonds is 6. The number of hydrogen-bond donors (Lipinski definition) is 2. The molecule has 0 bridgehead atoms. The SMILES string of the molecule is Cc1ccsc1CN(C)C(=O)CNC(=O)[C@@H](N)C(C)C.Cl. The van der Waals surface area contributed by atoms with Crippen LogP contribution in [0.3, 0.4) is 0 Å². The lowest BCUT2D eigenvalue weighted by molar-refractivity contribution is -0.132. The average molecular weight is 334 g/mol. The van der Waals surface area contributed by atoms with E-state index in [4.69, 9.17) is 5.73 Å². The largest absolute Gasteiger partial charge is 0.346 e. The topological polar surface area (TPSA) is 75.4 Å². The number of halogens is 1. The molecule has 0 radical (unpaired) electrons. The van der Waals surface area contributed by atoms with Gasteiger partial charge in [-0.15, -0.1) is 23.7 Å². The van der Waals surface area contributed by atoms with Crippen LogP contribution < -0.4 is 11.1 Å². The molecule has 0 unspecified atom stereocenters. The summed E-state index contributed by atoms with van der Waals surface area (Å²) in [7, 11) is 1.73. The lowest BCUT2D eigenvalue weighted by Crippen LogP contribution is -2.47. The van der Waals surface area contributed by atoms with Crippen molar-refractivity contribution < 1.29 is 9.59 Å². The Balaban J connectivity index is 0.00000400. The van der Waals surface area contributed by atoms with E-state index in [0.29, 0.717) is 6.54 Å². The predicted octanol–water partition coefficient (Wildman–Crippen LogP) is 1.54. The molecule has 1 aromatic heterocycles. The minimum atomic E-state index is -0.576. The summed E-state index contributed by atoms with van der Waals surface area (Å²) in [6, 6.07) is 1.45. The number of carbonyl (C=O) groups is 2. The second-order valence-electron chi connectivity index (χ2n) is 5.26. The first-order valence-electron chi connectivity index (χ1n) is 6.63. The molecule has 3 N–H and O–H groups in total. The summed E-state index contributed by atoms with van der Waals surface area (Å²) in [6.07, 6.45) is 0. The van der Waals surface area contributed by atoms with Crippen LogP contribution in [0, 0.1) is 12.8 Å². The Morgan fingerprint density at radius 3 is 2.52 bits per heavy atom. The molecule has 0 aliphatic rings. The van der Waals surface area contributed by atoms with E-state index >= 15 is 0 Å². The first-order chi connectivity index (χ1) is 9.32. The molecular formula is C14H24ClN3O2S. The number of carbonyl (C=O) groups excluding carboxylic acids is 2. The maximum atomic E-state index is 12.0. The van der Waals surface area contributed by atoms with Crippen LogP contribution in [0.25, 0.3) is 0 Å². The van der Waals surface area contributed by atoms with E-state index in [-0.39, 0.29) is 36.7 Å². The maximum Gasteiger partial charge on any atom is 0.242 e. The zero-order chi connectivity index (χ0) is 15.3. The van der Waals surface area contributed by atoms with Crippen LogP contribution in [0.15, 0.2) is 11.4 Å². The van der Waals surface area contributed by atoms with Crippen molar-refractivity contribution in [2.24, 2.45) is 11.7 Å². The highest BCUT2D eigenvalue weighted by Crippen LogP contribution is 2.17. The van der Waals surface area contributed by atoms with Gasteiger partial charge in [-0.05, 0) is 29.9 Å². The highest BCUT2D eigenvalue weighted by atomic mass is 35.5. The van der Waals surface area contributed by atoms with Crippen LogP contribution >= 0.6 is 23.7 Å². The van der Waals surface area contributed by atoms with Gasteiger partial charge in [-0.1, -0.05) is 13.8 Å². The fraction of sp³-hybridized carbons (Fsp3) is 0.571. The molecule has 0 saturated carbocycles. The number of thiophene rings is 1. The summed E-state index contributed by atoms with van der Waals surface area (Å²) in [6.45, 7) is 6.32. The molecule has 1 aromatic rings. The molecule has 120 valence electrons. The molecule has 1 atom stereocenters. The predicted molar refractivity (Wildman–Crippen MR) is 88.6 cm³/mol. The molecule has 1 heterocycles. The van der Waals surface area contributed by atoms with Crippen LogP contribution in [0.4, 0.5) is 0 Å². The molecule has 0 spiro atoms. The second kappa shape index (κ2) is 9.02. The molecule has 21 heavy (non-hydrogen) atoms. The smallest absolute Gasteiger partial charge is 0.242 e. The molecule has 0 saturated heterocycles. The highest BCUT2D eigenvalue weighted by molar-refractivity contribution is 7.10. The average Bonchev–Trinajstić information content (AvgIpc) is 2.79. The van der Waals surface area contributed by atoms with E-state index in [2.05, 4.69) is 5.32 Å². The normalized spacial score (nSPS) is 11.7. The van der Waals surface area contributed by atoms with Crippen molar-refractivity contribution in [1.29, 1.82) is 0 Å². The third-order valence-electron chi connectivity index (χ3n) is 3.21. The molecule has 0 fully saturated rings. The lowest BCUT2D eigenvalue weighted by Gasteiger charge is -2.19. The number of aryl methyl sites for hydroxylation is 1. The summed E-state index contributed by atoms with van der Waals surface area (Å²) in [5.74, 6) is -0.354. The Morgan fingerprint density at radius 2 is 2.05 bits per heavy atom. The van der Waals surface area contributed by atoms with Crippen LogP contribution in [0.2, 0.25) is 0 Å². The lowest BCUT2D eigenvalue weighted by atomic mass is 10.1. The standard InChI is InChI=1S/C14H23N3O2S.ClH/c1-9(2)13(15)14(19)16-7-12(18)17(4)8-11-10(3)5-6-20-11;/h5-6,9,13H,7-8,15H2,1-4H3,(H,16,19);1H/t13-;/m0./s1. The third-order valence-corrected chi connectivity index (χ3v) is 4.22. The van der Waals surface area contributed by atoms with Gasteiger partial charge in [-0.25, -0.2) is 0 Å². The molecule has 7 heteroatoms. The van der Waals surface area contributed by atoms with Crippen LogP contribution in [-0.4, -0.2) is 36.3 Å². The maximum absolute atomic E-state index is 12.0. The molecule has 0 aliphatic heterocycles. The van der Waals surface area contributed by atoms with Crippen molar-refractivity contribution in [2.75, 3.05) is 13.6 Å². The fourth-order valence-electron chi connectivity index (χ4n) is 1.59. The van der Waals surface area contributed by atoms with Gasteiger partial charge < -0.3 is 16.0 Å². The van der Waals surface area contributed by atoms with Crippen molar-refractivity contribution >= 4 is 35.6 Å². The van der Waals surface area contributed by atoms with Gasteiger partial charge >= 0.3 is 0 Å². The van der Waals surface area contributed by atoms with E-state index in [0.717, 1.165) is 4.88 Å². The highest BCUT2D eigenvalue weighted by Gasteiger charge is 2.18.